The quantitative estimate of drug-likeness (QED) is 0.584. The van der Waals surface area contributed by atoms with Gasteiger partial charge in [-0.1, -0.05) is 0 Å². The zero-order valence-electron chi connectivity index (χ0n) is 17.3. The molecule has 0 aliphatic carbocycles. The molecular weight excluding hydrogens is 384 g/mol. The molecule has 3 heterocycles. The summed E-state index contributed by atoms with van der Waals surface area (Å²) < 4.78 is 8.19. The zero-order chi connectivity index (χ0) is 21.1. The predicted octanol–water partition coefficient (Wildman–Crippen LogP) is 0.459. The van der Waals surface area contributed by atoms with Crippen molar-refractivity contribution in [2.24, 2.45) is 7.05 Å². The highest BCUT2D eigenvalue weighted by Crippen LogP contribution is 2.20. The van der Waals surface area contributed by atoms with Gasteiger partial charge in [-0.15, -0.1) is 0 Å². The summed E-state index contributed by atoms with van der Waals surface area (Å²) in [5.74, 6) is 0. The SMILES string of the molecule is COCCn1cnc2cc(N3CCN(Cc4cn(C)c(=O)cn4)CC3)ccc2c1=O. The first kappa shape index (κ1) is 20.2. The van der Waals surface area contributed by atoms with E-state index in [4.69, 9.17) is 4.74 Å². The van der Waals surface area contributed by atoms with Crippen molar-refractivity contribution in [3.63, 3.8) is 0 Å². The fourth-order valence-corrected chi connectivity index (χ4v) is 3.72. The van der Waals surface area contributed by atoms with E-state index in [1.54, 1.807) is 35.8 Å². The monoisotopic (exact) mass is 410 g/mol. The van der Waals surface area contributed by atoms with Gasteiger partial charge in [0.2, 0.25) is 0 Å². The van der Waals surface area contributed by atoms with Gasteiger partial charge in [-0.05, 0) is 18.2 Å². The standard InChI is InChI=1S/C21H26N6O3/c1-24-13-16(22-12-20(24)28)14-25-5-7-26(8-6-25)17-3-4-18-19(11-17)23-15-27(21(18)29)9-10-30-2/h3-4,11-13,15H,5-10,14H2,1-2H3. The summed E-state index contributed by atoms with van der Waals surface area (Å²) in [6.45, 7) is 5.24. The number of ether oxygens (including phenoxy) is 1. The Hall–Kier alpha value is -3.04. The molecule has 0 amide bonds. The number of hydrogen-bond donors (Lipinski definition) is 0. The molecule has 9 nitrogen and oxygen atoms in total. The van der Waals surface area contributed by atoms with E-state index >= 15 is 0 Å². The lowest BCUT2D eigenvalue weighted by Gasteiger charge is -2.36. The van der Waals surface area contributed by atoms with E-state index in [0.717, 1.165) is 44.1 Å². The third kappa shape index (κ3) is 4.27. The highest BCUT2D eigenvalue weighted by molar-refractivity contribution is 5.81. The first-order chi connectivity index (χ1) is 14.5. The normalized spacial score (nSPS) is 15.1. The lowest BCUT2D eigenvalue weighted by atomic mass is 10.2. The number of fused-ring (bicyclic) bond motifs is 1. The van der Waals surface area contributed by atoms with Gasteiger partial charge in [-0.2, -0.15) is 0 Å². The molecule has 3 aromatic rings. The van der Waals surface area contributed by atoms with Gasteiger partial charge in [0.25, 0.3) is 11.1 Å². The number of aryl methyl sites for hydroxylation is 1. The molecule has 1 fully saturated rings. The average Bonchev–Trinajstić information content (AvgIpc) is 2.76. The molecule has 0 N–H and O–H groups in total. The van der Waals surface area contributed by atoms with Crippen LogP contribution in [-0.2, 0) is 24.9 Å². The number of benzene rings is 1. The summed E-state index contributed by atoms with van der Waals surface area (Å²) in [6.07, 6.45) is 4.76. The highest BCUT2D eigenvalue weighted by atomic mass is 16.5. The number of hydrogen-bond acceptors (Lipinski definition) is 7. The molecule has 1 saturated heterocycles. The van der Waals surface area contributed by atoms with E-state index < -0.39 is 0 Å². The molecule has 0 radical (unpaired) electrons. The van der Waals surface area contributed by atoms with E-state index in [2.05, 4.69) is 19.8 Å². The molecule has 2 aromatic heterocycles. The Balaban J connectivity index is 1.43. The molecule has 1 aromatic carbocycles. The van der Waals surface area contributed by atoms with Crippen molar-refractivity contribution < 1.29 is 4.74 Å². The molecule has 1 aliphatic heterocycles. The minimum Gasteiger partial charge on any atom is -0.383 e. The fraction of sp³-hybridized carbons (Fsp3) is 0.429. The first-order valence-electron chi connectivity index (χ1n) is 10.0. The lowest BCUT2D eigenvalue weighted by Crippen LogP contribution is -2.46. The van der Waals surface area contributed by atoms with Crippen LogP contribution in [0, 0.1) is 0 Å². The van der Waals surface area contributed by atoms with Gasteiger partial charge in [-0.3, -0.25) is 24.0 Å². The van der Waals surface area contributed by atoms with Crippen molar-refractivity contribution in [1.82, 2.24) is 24.0 Å². The summed E-state index contributed by atoms with van der Waals surface area (Å²) >= 11 is 0. The third-order valence-electron chi connectivity index (χ3n) is 5.50. The van der Waals surface area contributed by atoms with Crippen molar-refractivity contribution in [1.29, 1.82) is 0 Å². The van der Waals surface area contributed by atoms with Crippen molar-refractivity contribution in [3.8, 4) is 0 Å². The third-order valence-corrected chi connectivity index (χ3v) is 5.50. The van der Waals surface area contributed by atoms with Crippen molar-refractivity contribution in [3.05, 3.63) is 63.3 Å². The van der Waals surface area contributed by atoms with Gasteiger partial charge < -0.3 is 14.2 Å². The van der Waals surface area contributed by atoms with Gasteiger partial charge in [0.15, 0.2) is 0 Å². The largest absolute Gasteiger partial charge is 0.383 e. The highest BCUT2D eigenvalue weighted by Gasteiger charge is 2.18. The van der Waals surface area contributed by atoms with Crippen LogP contribution in [0.1, 0.15) is 5.69 Å². The minimum absolute atomic E-state index is 0.0434. The van der Waals surface area contributed by atoms with Crippen LogP contribution in [0.4, 0.5) is 5.69 Å². The maximum atomic E-state index is 12.6. The summed E-state index contributed by atoms with van der Waals surface area (Å²) in [4.78, 5) is 37.4. The van der Waals surface area contributed by atoms with Crippen LogP contribution in [0.25, 0.3) is 10.9 Å². The number of piperazine rings is 1. The molecule has 9 heteroatoms. The first-order valence-corrected chi connectivity index (χ1v) is 10.0. The van der Waals surface area contributed by atoms with Gasteiger partial charge in [0, 0.05) is 58.8 Å². The zero-order valence-corrected chi connectivity index (χ0v) is 17.3. The smallest absolute Gasteiger partial charge is 0.268 e. The van der Waals surface area contributed by atoms with Crippen molar-refractivity contribution in [2.75, 3.05) is 44.8 Å². The molecule has 0 unspecified atom stereocenters. The molecule has 158 valence electrons. The minimum atomic E-state index is -0.0982. The van der Waals surface area contributed by atoms with Crippen molar-refractivity contribution >= 4 is 16.6 Å². The molecule has 0 saturated carbocycles. The van der Waals surface area contributed by atoms with Crippen LogP contribution in [-0.4, -0.2) is 63.9 Å². The fourth-order valence-electron chi connectivity index (χ4n) is 3.72. The topological polar surface area (TPSA) is 85.5 Å². The van der Waals surface area contributed by atoms with E-state index in [1.807, 2.05) is 18.2 Å². The second-order valence-electron chi connectivity index (χ2n) is 7.53. The van der Waals surface area contributed by atoms with E-state index in [0.29, 0.717) is 24.1 Å². The van der Waals surface area contributed by atoms with Gasteiger partial charge in [0.1, 0.15) is 0 Å². The molecule has 4 rings (SSSR count). The average molecular weight is 410 g/mol. The second kappa shape index (κ2) is 8.76. The second-order valence-corrected chi connectivity index (χ2v) is 7.53. The molecule has 0 atom stereocenters. The summed E-state index contributed by atoms with van der Waals surface area (Å²) in [6, 6.07) is 5.85. The molecular formula is C21H26N6O3. The number of methoxy groups -OCH3 is 1. The number of rotatable bonds is 6. The lowest BCUT2D eigenvalue weighted by molar-refractivity contribution is 0.186. The number of aromatic nitrogens is 4. The van der Waals surface area contributed by atoms with Crippen LogP contribution < -0.4 is 16.0 Å². The van der Waals surface area contributed by atoms with E-state index in [1.165, 1.54) is 6.20 Å². The summed E-state index contributed by atoms with van der Waals surface area (Å²) in [5.41, 5.74) is 2.54. The van der Waals surface area contributed by atoms with Crippen LogP contribution in [0.15, 0.2) is 46.5 Å². The Morgan fingerprint density at radius 1 is 1.10 bits per heavy atom. The van der Waals surface area contributed by atoms with Crippen LogP contribution in [0.2, 0.25) is 0 Å². The maximum absolute atomic E-state index is 12.6. The Kier molecular flexibility index (Phi) is 5.91. The van der Waals surface area contributed by atoms with E-state index in [-0.39, 0.29) is 11.1 Å². The number of anilines is 1. The Labute approximate surface area is 174 Å². The van der Waals surface area contributed by atoms with Gasteiger partial charge in [-0.25, -0.2) is 4.98 Å². The molecule has 0 spiro atoms. The van der Waals surface area contributed by atoms with E-state index in [9.17, 15) is 9.59 Å². The Bertz CT molecular complexity index is 1150. The molecule has 0 bridgehead atoms. The van der Waals surface area contributed by atoms with Crippen LogP contribution in [0.3, 0.4) is 0 Å². The summed E-state index contributed by atoms with van der Waals surface area (Å²) in [5, 5.41) is 0.622. The van der Waals surface area contributed by atoms with Crippen LogP contribution in [0.5, 0.6) is 0 Å². The van der Waals surface area contributed by atoms with Crippen molar-refractivity contribution in [2.45, 2.75) is 13.1 Å². The Morgan fingerprint density at radius 2 is 1.90 bits per heavy atom. The van der Waals surface area contributed by atoms with Crippen LogP contribution >= 0.6 is 0 Å². The maximum Gasteiger partial charge on any atom is 0.268 e. The predicted molar refractivity (Wildman–Crippen MR) is 115 cm³/mol. The molecule has 1 aliphatic rings. The summed E-state index contributed by atoms with van der Waals surface area (Å²) in [7, 11) is 3.36. The van der Waals surface area contributed by atoms with Gasteiger partial charge >= 0.3 is 0 Å². The number of nitrogens with zero attached hydrogens (tertiary/aromatic N) is 6. The Morgan fingerprint density at radius 3 is 2.63 bits per heavy atom. The van der Waals surface area contributed by atoms with Gasteiger partial charge in [0.05, 0.1) is 42.3 Å². The molecule has 30 heavy (non-hydrogen) atoms.